The molecule has 0 radical (unpaired) electrons. The first-order valence-electron chi connectivity index (χ1n) is 4.90. The molecule has 6 nitrogen and oxygen atoms in total. The summed E-state index contributed by atoms with van der Waals surface area (Å²) in [6.07, 6.45) is 4.41. The molecule has 0 saturated heterocycles. The smallest absolute Gasteiger partial charge is 0.207 e. The van der Waals surface area contributed by atoms with E-state index in [1.54, 1.807) is 12.4 Å². The minimum atomic E-state index is -0.173. The van der Waals surface area contributed by atoms with E-state index in [-0.39, 0.29) is 12.1 Å². The van der Waals surface area contributed by atoms with E-state index in [9.17, 15) is 9.59 Å². The molecule has 2 N–H and O–H groups in total. The first-order valence-corrected chi connectivity index (χ1v) is 4.90. The maximum atomic E-state index is 10.2. The third kappa shape index (κ3) is 3.01. The Kier molecular flexibility index (Phi) is 4.38. The molecule has 1 aromatic heterocycles. The standard InChI is InChI=1S/C10H14N4O2/c1-7(13-5-15)9-3-12-10(4-11-9)8(2)14-6-16/h3-8H,1-2H3,(H,13,15)(H,14,16). The summed E-state index contributed by atoms with van der Waals surface area (Å²) < 4.78 is 0. The van der Waals surface area contributed by atoms with Crippen molar-refractivity contribution in [3.8, 4) is 0 Å². The molecule has 1 rings (SSSR count). The van der Waals surface area contributed by atoms with Gasteiger partial charge in [-0.3, -0.25) is 19.6 Å². The summed E-state index contributed by atoms with van der Waals surface area (Å²) in [5.41, 5.74) is 1.35. The van der Waals surface area contributed by atoms with Gasteiger partial charge in [-0.15, -0.1) is 0 Å². The molecule has 0 saturated carbocycles. The second-order valence-electron chi connectivity index (χ2n) is 3.38. The Hall–Kier alpha value is -1.98. The number of hydrogen-bond donors (Lipinski definition) is 2. The molecule has 0 aliphatic carbocycles. The second kappa shape index (κ2) is 5.79. The van der Waals surface area contributed by atoms with Crippen LogP contribution in [0, 0.1) is 0 Å². The first kappa shape index (κ1) is 12.1. The lowest BCUT2D eigenvalue weighted by Gasteiger charge is -2.12. The number of nitrogens with one attached hydrogen (secondary N) is 2. The molecule has 0 bridgehead atoms. The van der Waals surface area contributed by atoms with Crippen molar-refractivity contribution in [3.63, 3.8) is 0 Å². The second-order valence-corrected chi connectivity index (χ2v) is 3.38. The van der Waals surface area contributed by atoms with Gasteiger partial charge >= 0.3 is 0 Å². The van der Waals surface area contributed by atoms with Crippen molar-refractivity contribution in [2.24, 2.45) is 0 Å². The Morgan fingerprint density at radius 3 is 1.62 bits per heavy atom. The predicted octanol–water partition coefficient (Wildman–Crippen LogP) is 0.0906. The lowest BCUT2D eigenvalue weighted by atomic mass is 10.2. The molecule has 2 atom stereocenters. The lowest BCUT2D eigenvalue weighted by Crippen LogP contribution is -2.20. The SMILES string of the molecule is CC(NC=O)c1cnc(C(C)NC=O)cn1. The molecule has 6 heteroatoms. The summed E-state index contributed by atoms with van der Waals surface area (Å²) in [5.74, 6) is 0. The molecular weight excluding hydrogens is 208 g/mol. The van der Waals surface area contributed by atoms with E-state index in [1.165, 1.54) is 0 Å². The fraction of sp³-hybridized carbons (Fsp3) is 0.400. The Balaban J connectivity index is 2.74. The number of aromatic nitrogens is 2. The predicted molar refractivity (Wildman–Crippen MR) is 57.3 cm³/mol. The molecule has 0 fully saturated rings. The van der Waals surface area contributed by atoms with Crippen LogP contribution >= 0.6 is 0 Å². The molecule has 2 unspecified atom stereocenters. The summed E-state index contributed by atoms with van der Waals surface area (Å²) in [6, 6.07) is -0.346. The molecule has 2 amide bonds. The van der Waals surface area contributed by atoms with Crippen LogP contribution in [-0.2, 0) is 9.59 Å². The molecule has 0 aromatic carbocycles. The van der Waals surface area contributed by atoms with Crippen LogP contribution in [0.1, 0.15) is 37.3 Å². The van der Waals surface area contributed by atoms with Crippen LogP contribution in [0.15, 0.2) is 12.4 Å². The van der Waals surface area contributed by atoms with E-state index < -0.39 is 0 Å². The summed E-state index contributed by atoms with van der Waals surface area (Å²) in [5, 5.41) is 5.16. The van der Waals surface area contributed by atoms with Crippen LogP contribution in [0.3, 0.4) is 0 Å². The highest BCUT2D eigenvalue weighted by molar-refractivity contribution is 5.47. The van der Waals surface area contributed by atoms with Gasteiger partial charge in [-0.25, -0.2) is 0 Å². The Morgan fingerprint density at radius 1 is 1.00 bits per heavy atom. The van der Waals surface area contributed by atoms with Gasteiger partial charge in [-0.2, -0.15) is 0 Å². The van der Waals surface area contributed by atoms with Crippen molar-refractivity contribution in [1.82, 2.24) is 20.6 Å². The molecule has 86 valence electrons. The van der Waals surface area contributed by atoms with Crippen molar-refractivity contribution in [1.29, 1.82) is 0 Å². The minimum Gasteiger partial charge on any atom is -0.351 e. The zero-order valence-corrected chi connectivity index (χ0v) is 9.18. The Bertz CT molecular complexity index is 317. The molecule has 0 spiro atoms. The van der Waals surface area contributed by atoms with Gasteiger partial charge in [0.25, 0.3) is 0 Å². The third-order valence-electron chi connectivity index (χ3n) is 2.22. The lowest BCUT2D eigenvalue weighted by molar-refractivity contribution is -0.110. The maximum absolute atomic E-state index is 10.2. The summed E-state index contributed by atoms with van der Waals surface area (Å²) in [4.78, 5) is 28.8. The minimum absolute atomic E-state index is 0.173. The number of amides is 2. The number of carbonyl (C=O) groups is 2. The number of hydrogen-bond acceptors (Lipinski definition) is 4. The summed E-state index contributed by atoms with van der Waals surface area (Å²) >= 11 is 0. The van der Waals surface area contributed by atoms with Crippen LogP contribution in [0.25, 0.3) is 0 Å². The maximum Gasteiger partial charge on any atom is 0.207 e. The first-order chi connectivity index (χ1) is 7.69. The van der Waals surface area contributed by atoms with Gasteiger partial charge in [0, 0.05) is 0 Å². The van der Waals surface area contributed by atoms with E-state index in [1.807, 2.05) is 13.8 Å². The van der Waals surface area contributed by atoms with Crippen LogP contribution < -0.4 is 10.6 Å². The van der Waals surface area contributed by atoms with Crippen molar-refractivity contribution in [2.75, 3.05) is 0 Å². The third-order valence-corrected chi connectivity index (χ3v) is 2.22. The van der Waals surface area contributed by atoms with Gasteiger partial charge in [-0.05, 0) is 13.8 Å². The van der Waals surface area contributed by atoms with Gasteiger partial charge in [0.1, 0.15) is 0 Å². The Morgan fingerprint density at radius 2 is 1.38 bits per heavy atom. The normalized spacial score (nSPS) is 13.6. The highest BCUT2D eigenvalue weighted by Gasteiger charge is 2.09. The van der Waals surface area contributed by atoms with Crippen LogP contribution in [0.4, 0.5) is 0 Å². The van der Waals surface area contributed by atoms with Crippen molar-refractivity contribution in [3.05, 3.63) is 23.8 Å². The topological polar surface area (TPSA) is 84.0 Å². The molecule has 16 heavy (non-hydrogen) atoms. The molecule has 0 aliphatic rings. The monoisotopic (exact) mass is 222 g/mol. The van der Waals surface area contributed by atoms with Crippen molar-refractivity contribution >= 4 is 12.8 Å². The van der Waals surface area contributed by atoms with Gasteiger partial charge in [0.15, 0.2) is 0 Å². The van der Waals surface area contributed by atoms with Gasteiger partial charge in [-0.1, -0.05) is 0 Å². The van der Waals surface area contributed by atoms with E-state index in [2.05, 4.69) is 20.6 Å². The highest BCUT2D eigenvalue weighted by Crippen LogP contribution is 2.10. The van der Waals surface area contributed by atoms with Crippen LogP contribution in [0.2, 0.25) is 0 Å². The van der Waals surface area contributed by atoms with E-state index in [4.69, 9.17) is 0 Å². The van der Waals surface area contributed by atoms with E-state index in [0.717, 1.165) is 0 Å². The fourth-order valence-corrected chi connectivity index (χ4v) is 1.17. The average molecular weight is 222 g/mol. The van der Waals surface area contributed by atoms with Gasteiger partial charge in [0.2, 0.25) is 12.8 Å². The zero-order chi connectivity index (χ0) is 12.0. The van der Waals surface area contributed by atoms with Crippen LogP contribution in [-0.4, -0.2) is 22.8 Å². The Labute approximate surface area is 93.5 Å². The van der Waals surface area contributed by atoms with Gasteiger partial charge in [0.05, 0.1) is 35.9 Å². The zero-order valence-electron chi connectivity index (χ0n) is 9.18. The average Bonchev–Trinajstić information content (AvgIpc) is 2.30. The number of nitrogens with zero attached hydrogens (tertiary/aromatic N) is 2. The summed E-state index contributed by atoms with van der Waals surface area (Å²) in [6.45, 7) is 3.62. The van der Waals surface area contributed by atoms with E-state index >= 15 is 0 Å². The van der Waals surface area contributed by atoms with Crippen LogP contribution in [0.5, 0.6) is 0 Å². The highest BCUT2D eigenvalue weighted by atomic mass is 16.1. The summed E-state index contributed by atoms with van der Waals surface area (Å²) in [7, 11) is 0. The quantitative estimate of drug-likeness (QED) is 0.668. The van der Waals surface area contributed by atoms with Crippen molar-refractivity contribution in [2.45, 2.75) is 25.9 Å². The van der Waals surface area contributed by atoms with Crippen molar-refractivity contribution < 1.29 is 9.59 Å². The molecule has 0 aliphatic heterocycles. The molecule has 1 aromatic rings. The number of rotatable bonds is 6. The number of carbonyl (C=O) groups excluding carboxylic acids is 2. The molecular formula is C10H14N4O2. The van der Waals surface area contributed by atoms with Gasteiger partial charge < -0.3 is 10.6 Å². The van der Waals surface area contributed by atoms with E-state index in [0.29, 0.717) is 24.2 Å². The molecule has 1 heterocycles. The largest absolute Gasteiger partial charge is 0.351 e. The fourth-order valence-electron chi connectivity index (χ4n) is 1.17.